The normalized spacial score (nSPS) is 17.9. The molecule has 5 nitrogen and oxygen atoms in total. The van der Waals surface area contributed by atoms with Crippen LogP contribution in [0.4, 0.5) is 0 Å². The Morgan fingerprint density at radius 1 is 1.50 bits per heavy atom. The van der Waals surface area contributed by atoms with E-state index in [1.807, 2.05) is 12.1 Å². The zero-order valence-electron chi connectivity index (χ0n) is 11.6. The SMILES string of the molecule is Cc1nc(C(C)(NCc2ncccc2Cl)C2CC2)no1. The molecule has 20 heavy (non-hydrogen) atoms. The van der Waals surface area contributed by atoms with Crippen molar-refractivity contribution in [3.63, 3.8) is 0 Å². The van der Waals surface area contributed by atoms with Gasteiger partial charge in [0.2, 0.25) is 5.89 Å². The van der Waals surface area contributed by atoms with Crippen LogP contribution < -0.4 is 5.32 Å². The number of halogens is 1. The summed E-state index contributed by atoms with van der Waals surface area (Å²) in [5, 5.41) is 8.26. The van der Waals surface area contributed by atoms with Crippen molar-refractivity contribution in [2.24, 2.45) is 5.92 Å². The summed E-state index contributed by atoms with van der Waals surface area (Å²) in [7, 11) is 0. The van der Waals surface area contributed by atoms with E-state index in [1.165, 1.54) is 12.8 Å². The molecule has 0 aromatic carbocycles. The molecule has 0 saturated heterocycles. The van der Waals surface area contributed by atoms with E-state index in [0.717, 1.165) is 5.69 Å². The maximum absolute atomic E-state index is 6.15. The van der Waals surface area contributed by atoms with Gasteiger partial charge in [0.1, 0.15) is 0 Å². The van der Waals surface area contributed by atoms with E-state index >= 15 is 0 Å². The van der Waals surface area contributed by atoms with Gasteiger partial charge in [-0.2, -0.15) is 4.98 Å². The molecule has 0 amide bonds. The second-order valence-electron chi connectivity index (χ2n) is 5.40. The van der Waals surface area contributed by atoms with Crippen molar-refractivity contribution >= 4 is 11.6 Å². The van der Waals surface area contributed by atoms with Crippen LogP contribution in [0.3, 0.4) is 0 Å². The first-order valence-corrected chi connectivity index (χ1v) is 7.12. The lowest BCUT2D eigenvalue weighted by Gasteiger charge is -2.27. The zero-order valence-corrected chi connectivity index (χ0v) is 12.3. The molecule has 1 aliphatic rings. The van der Waals surface area contributed by atoms with Gasteiger partial charge < -0.3 is 4.52 Å². The van der Waals surface area contributed by atoms with E-state index in [2.05, 4.69) is 27.4 Å². The van der Waals surface area contributed by atoms with Gasteiger partial charge in [-0.15, -0.1) is 0 Å². The Hall–Kier alpha value is -1.46. The van der Waals surface area contributed by atoms with Crippen LogP contribution in [0, 0.1) is 12.8 Å². The molecule has 0 spiro atoms. The molecule has 2 aromatic heterocycles. The van der Waals surface area contributed by atoms with Gasteiger partial charge in [-0.1, -0.05) is 16.8 Å². The van der Waals surface area contributed by atoms with Gasteiger partial charge in [0.05, 0.1) is 16.3 Å². The molecule has 1 saturated carbocycles. The Kier molecular flexibility index (Phi) is 3.48. The molecule has 0 aliphatic heterocycles. The van der Waals surface area contributed by atoms with Gasteiger partial charge in [-0.3, -0.25) is 10.3 Å². The predicted octanol–water partition coefficient (Wildman–Crippen LogP) is 2.84. The molecule has 2 aromatic rings. The number of rotatable bonds is 5. The van der Waals surface area contributed by atoms with E-state index in [9.17, 15) is 0 Å². The molecule has 1 N–H and O–H groups in total. The van der Waals surface area contributed by atoms with Crippen molar-refractivity contribution in [1.29, 1.82) is 0 Å². The Morgan fingerprint density at radius 2 is 2.30 bits per heavy atom. The fourth-order valence-corrected chi connectivity index (χ4v) is 2.58. The summed E-state index contributed by atoms with van der Waals surface area (Å²) in [6, 6.07) is 3.67. The Balaban J connectivity index is 1.80. The first-order valence-electron chi connectivity index (χ1n) is 6.75. The van der Waals surface area contributed by atoms with E-state index in [-0.39, 0.29) is 5.54 Å². The topological polar surface area (TPSA) is 63.8 Å². The third-order valence-electron chi connectivity index (χ3n) is 3.84. The molecule has 106 valence electrons. The molecule has 3 rings (SSSR count). The summed E-state index contributed by atoms with van der Waals surface area (Å²) in [5.74, 6) is 1.83. The van der Waals surface area contributed by atoms with Crippen LogP contribution in [0.2, 0.25) is 5.02 Å². The highest BCUT2D eigenvalue weighted by Crippen LogP contribution is 2.44. The van der Waals surface area contributed by atoms with E-state index in [1.54, 1.807) is 13.1 Å². The van der Waals surface area contributed by atoms with Gasteiger partial charge in [0.25, 0.3) is 0 Å². The lowest BCUT2D eigenvalue weighted by Crippen LogP contribution is -2.42. The van der Waals surface area contributed by atoms with Crippen molar-refractivity contribution in [3.8, 4) is 0 Å². The Labute approximate surface area is 122 Å². The number of nitrogens with zero attached hydrogens (tertiary/aromatic N) is 3. The third kappa shape index (κ3) is 2.55. The van der Waals surface area contributed by atoms with Crippen LogP contribution in [-0.2, 0) is 12.1 Å². The number of hydrogen-bond acceptors (Lipinski definition) is 5. The molecular formula is C14H17ClN4O. The van der Waals surface area contributed by atoms with Crippen molar-refractivity contribution in [3.05, 3.63) is 40.8 Å². The minimum absolute atomic E-state index is 0.293. The molecule has 0 bridgehead atoms. The average Bonchev–Trinajstić information content (AvgIpc) is 3.20. The molecule has 1 unspecified atom stereocenters. The molecule has 2 heterocycles. The molecule has 0 radical (unpaired) electrons. The highest BCUT2D eigenvalue weighted by molar-refractivity contribution is 6.31. The maximum atomic E-state index is 6.15. The molecule has 1 aliphatic carbocycles. The summed E-state index contributed by atoms with van der Waals surface area (Å²) >= 11 is 6.15. The molecule has 1 atom stereocenters. The maximum Gasteiger partial charge on any atom is 0.223 e. The van der Waals surface area contributed by atoms with Crippen molar-refractivity contribution < 1.29 is 4.52 Å². The summed E-state index contributed by atoms with van der Waals surface area (Å²) in [6.45, 7) is 4.51. The smallest absolute Gasteiger partial charge is 0.223 e. The first kappa shape index (κ1) is 13.5. The fourth-order valence-electron chi connectivity index (χ4n) is 2.39. The van der Waals surface area contributed by atoms with Crippen LogP contribution in [0.15, 0.2) is 22.9 Å². The van der Waals surface area contributed by atoms with Crippen LogP contribution in [0.5, 0.6) is 0 Å². The summed E-state index contributed by atoms with van der Waals surface area (Å²) in [4.78, 5) is 8.69. The van der Waals surface area contributed by atoms with Gasteiger partial charge in [-0.25, -0.2) is 0 Å². The summed E-state index contributed by atoms with van der Waals surface area (Å²) < 4.78 is 5.12. The minimum Gasteiger partial charge on any atom is -0.340 e. The largest absolute Gasteiger partial charge is 0.340 e. The summed E-state index contributed by atoms with van der Waals surface area (Å²) in [5.41, 5.74) is 0.541. The van der Waals surface area contributed by atoms with Gasteiger partial charge in [0, 0.05) is 19.7 Å². The molecular weight excluding hydrogens is 276 g/mol. The lowest BCUT2D eigenvalue weighted by atomic mass is 9.94. The van der Waals surface area contributed by atoms with Crippen LogP contribution in [0.25, 0.3) is 0 Å². The second-order valence-corrected chi connectivity index (χ2v) is 5.81. The highest BCUT2D eigenvalue weighted by atomic mass is 35.5. The standard InChI is InChI=1S/C14H17ClN4O/c1-9-18-13(19-20-9)14(2,10-5-6-10)17-8-12-11(15)4-3-7-16-12/h3-4,7,10,17H,5-6,8H2,1-2H3. The fraction of sp³-hybridized carbons (Fsp3) is 0.500. The van der Waals surface area contributed by atoms with E-state index in [0.29, 0.717) is 29.2 Å². The number of aryl methyl sites for hydroxylation is 1. The predicted molar refractivity (Wildman–Crippen MR) is 75.2 cm³/mol. The highest BCUT2D eigenvalue weighted by Gasteiger charge is 2.45. The van der Waals surface area contributed by atoms with E-state index in [4.69, 9.17) is 16.1 Å². The second kappa shape index (κ2) is 5.14. The van der Waals surface area contributed by atoms with Gasteiger partial charge in [0.15, 0.2) is 5.82 Å². The van der Waals surface area contributed by atoms with Crippen LogP contribution in [-0.4, -0.2) is 15.1 Å². The lowest BCUT2D eigenvalue weighted by molar-refractivity contribution is 0.279. The molecule has 1 fully saturated rings. The quantitative estimate of drug-likeness (QED) is 0.918. The number of pyridine rings is 1. The van der Waals surface area contributed by atoms with Crippen LogP contribution >= 0.6 is 11.6 Å². The monoisotopic (exact) mass is 292 g/mol. The van der Waals surface area contributed by atoms with Crippen molar-refractivity contribution in [2.45, 2.75) is 38.8 Å². The third-order valence-corrected chi connectivity index (χ3v) is 4.19. The molecule has 6 heteroatoms. The van der Waals surface area contributed by atoms with Gasteiger partial charge in [-0.05, 0) is 37.8 Å². The number of aromatic nitrogens is 3. The van der Waals surface area contributed by atoms with E-state index < -0.39 is 0 Å². The van der Waals surface area contributed by atoms with Crippen molar-refractivity contribution in [1.82, 2.24) is 20.4 Å². The Bertz CT molecular complexity index is 611. The van der Waals surface area contributed by atoms with Gasteiger partial charge >= 0.3 is 0 Å². The summed E-state index contributed by atoms with van der Waals surface area (Å²) in [6.07, 6.45) is 4.09. The minimum atomic E-state index is -0.293. The van der Waals surface area contributed by atoms with Crippen LogP contribution in [0.1, 0.15) is 37.2 Å². The number of nitrogens with one attached hydrogen (secondary N) is 1. The van der Waals surface area contributed by atoms with Crippen molar-refractivity contribution in [2.75, 3.05) is 0 Å². The number of hydrogen-bond donors (Lipinski definition) is 1. The first-order chi connectivity index (χ1) is 9.59. The zero-order chi connectivity index (χ0) is 14.2. The Morgan fingerprint density at radius 3 is 2.90 bits per heavy atom. The average molecular weight is 293 g/mol.